The minimum atomic E-state index is -0.140. The summed E-state index contributed by atoms with van der Waals surface area (Å²) in [5.41, 5.74) is 0.816. The molecule has 88 valence electrons. The molecule has 0 aliphatic heterocycles. The van der Waals surface area contributed by atoms with Gasteiger partial charge < -0.3 is 10.6 Å². The van der Waals surface area contributed by atoms with E-state index in [4.69, 9.17) is 0 Å². The number of hydrogen-bond acceptors (Lipinski definition) is 1. The molecule has 0 saturated carbocycles. The number of para-hydroxylation sites is 1. The largest absolute Gasteiger partial charge is 0.335 e. The van der Waals surface area contributed by atoms with E-state index >= 15 is 0 Å². The number of carbonyl (C=O) groups is 1. The molecule has 0 heterocycles. The molecule has 2 amide bonds. The lowest BCUT2D eigenvalue weighted by Crippen LogP contribution is -2.39. The van der Waals surface area contributed by atoms with Gasteiger partial charge >= 0.3 is 6.03 Å². The van der Waals surface area contributed by atoms with Gasteiger partial charge in [-0.25, -0.2) is 4.79 Å². The fourth-order valence-corrected chi connectivity index (χ4v) is 1.39. The Morgan fingerprint density at radius 3 is 2.44 bits per heavy atom. The Kier molecular flexibility index (Phi) is 4.83. The molecule has 2 unspecified atom stereocenters. The lowest BCUT2D eigenvalue weighted by atomic mass is 10.0. The van der Waals surface area contributed by atoms with Crippen LogP contribution in [0.25, 0.3) is 0 Å². The molecule has 0 fully saturated rings. The van der Waals surface area contributed by atoms with Crippen LogP contribution in [-0.2, 0) is 0 Å². The number of anilines is 1. The molecule has 0 saturated heterocycles. The summed E-state index contributed by atoms with van der Waals surface area (Å²) in [5, 5.41) is 5.73. The highest BCUT2D eigenvalue weighted by Crippen LogP contribution is 2.08. The van der Waals surface area contributed by atoms with Crippen molar-refractivity contribution < 1.29 is 4.79 Å². The van der Waals surface area contributed by atoms with Crippen molar-refractivity contribution in [1.82, 2.24) is 5.32 Å². The van der Waals surface area contributed by atoms with Crippen molar-refractivity contribution in [3.8, 4) is 0 Å². The summed E-state index contributed by atoms with van der Waals surface area (Å²) in [6.45, 7) is 6.28. The van der Waals surface area contributed by atoms with Crippen molar-refractivity contribution in [2.45, 2.75) is 33.2 Å². The van der Waals surface area contributed by atoms with E-state index < -0.39 is 0 Å². The highest BCUT2D eigenvalue weighted by molar-refractivity contribution is 5.89. The Morgan fingerprint density at radius 2 is 1.88 bits per heavy atom. The average Bonchev–Trinajstić information content (AvgIpc) is 2.29. The van der Waals surface area contributed by atoms with Gasteiger partial charge in [0.15, 0.2) is 0 Å². The van der Waals surface area contributed by atoms with E-state index in [9.17, 15) is 4.79 Å². The van der Waals surface area contributed by atoms with Gasteiger partial charge in [-0.15, -0.1) is 0 Å². The molecule has 2 N–H and O–H groups in total. The van der Waals surface area contributed by atoms with Crippen LogP contribution in [0.2, 0.25) is 0 Å². The summed E-state index contributed by atoms with van der Waals surface area (Å²) in [6, 6.07) is 9.50. The second-order valence-corrected chi connectivity index (χ2v) is 4.14. The maximum Gasteiger partial charge on any atom is 0.319 e. The molecule has 0 aromatic heterocycles. The van der Waals surface area contributed by atoms with Crippen molar-refractivity contribution in [3.63, 3.8) is 0 Å². The van der Waals surface area contributed by atoms with Gasteiger partial charge in [-0.05, 0) is 25.0 Å². The molecule has 0 aliphatic carbocycles. The van der Waals surface area contributed by atoms with Crippen molar-refractivity contribution in [1.29, 1.82) is 0 Å². The third-order valence-electron chi connectivity index (χ3n) is 2.89. The fourth-order valence-electron chi connectivity index (χ4n) is 1.39. The van der Waals surface area contributed by atoms with Crippen molar-refractivity contribution >= 4 is 11.7 Å². The minimum absolute atomic E-state index is 0.140. The van der Waals surface area contributed by atoms with E-state index in [2.05, 4.69) is 24.5 Å². The van der Waals surface area contributed by atoms with E-state index in [-0.39, 0.29) is 12.1 Å². The first-order valence-electron chi connectivity index (χ1n) is 5.76. The topological polar surface area (TPSA) is 41.1 Å². The van der Waals surface area contributed by atoms with Gasteiger partial charge in [0.1, 0.15) is 0 Å². The second kappa shape index (κ2) is 6.16. The van der Waals surface area contributed by atoms with E-state index in [0.717, 1.165) is 12.1 Å². The van der Waals surface area contributed by atoms with Crippen LogP contribution in [0.3, 0.4) is 0 Å². The van der Waals surface area contributed by atoms with Crippen LogP contribution in [-0.4, -0.2) is 12.1 Å². The number of rotatable bonds is 4. The molecular formula is C13H20N2O. The Hall–Kier alpha value is -1.51. The molecular weight excluding hydrogens is 200 g/mol. The second-order valence-electron chi connectivity index (χ2n) is 4.14. The SMILES string of the molecule is CCC(C)C(C)NC(=O)Nc1ccccc1. The molecule has 3 nitrogen and oxygen atoms in total. The normalized spacial score (nSPS) is 13.9. The number of urea groups is 1. The van der Waals surface area contributed by atoms with Gasteiger partial charge in [0, 0.05) is 11.7 Å². The monoisotopic (exact) mass is 220 g/mol. The number of amides is 2. The van der Waals surface area contributed by atoms with Crippen LogP contribution < -0.4 is 10.6 Å². The molecule has 0 aliphatic rings. The molecule has 1 aromatic rings. The zero-order valence-corrected chi connectivity index (χ0v) is 10.2. The molecule has 16 heavy (non-hydrogen) atoms. The van der Waals surface area contributed by atoms with Gasteiger partial charge in [0.05, 0.1) is 0 Å². The predicted molar refractivity (Wildman–Crippen MR) is 67.5 cm³/mol. The number of benzene rings is 1. The molecule has 1 aromatic carbocycles. The van der Waals surface area contributed by atoms with Crippen LogP contribution in [0.4, 0.5) is 10.5 Å². The quantitative estimate of drug-likeness (QED) is 0.803. The Bertz CT molecular complexity index is 324. The molecule has 0 spiro atoms. The maximum atomic E-state index is 11.6. The Labute approximate surface area is 97.2 Å². The summed E-state index contributed by atoms with van der Waals surface area (Å²) >= 11 is 0. The molecule has 0 bridgehead atoms. The average molecular weight is 220 g/mol. The van der Waals surface area contributed by atoms with E-state index in [0.29, 0.717) is 5.92 Å². The maximum absolute atomic E-state index is 11.6. The summed E-state index contributed by atoms with van der Waals surface area (Å²) in [6.07, 6.45) is 1.06. The highest BCUT2D eigenvalue weighted by Gasteiger charge is 2.12. The van der Waals surface area contributed by atoms with Crippen LogP contribution >= 0.6 is 0 Å². The lowest BCUT2D eigenvalue weighted by molar-refractivity contribution is 0.244. The van der Waals surface area contributed by atoms with Crippen LogP contribution in [0, 0.1) is 5.92 Å². The first-order chi connectivity index (χ1) is 7.63. The summed E-state index contributed by atoms with van der Waals surface area (Å²) in [7, 11) is 0. The minimum Gasteiger partial charge on any atom is -0.335 e. The third kappa shape index (κ3) is 3.93. The van der Waals surface area contributed by atoms with Crippen LogP contribution in [0.15, 0.2) is 30.3 Å². The van der Waals surface area contributed by atoms with Gasteiger partial charge in [-0.3, -0.25) is 0 Å². The van der Waals surface area contributed by atoms with Crippen LogP contribution in [0.5, 0.6) is 0 Å². The fraction of sp³-hybridized carbons (Fsp3) is 0.462. The summed E-state index contributed by atoms with van der Waals surface area (Å²) in [4.78, 5) is 11.6. The zero-order valence-electron chi connectivity index (χ0n) is 10.2. The Balaban J connectivity index is 2.42. The first-order valence-corrected chi connectivity index (χ1v) is 5.76. The first kappa shape index (κ1) is 12.6. The zero-order chi connectivity index (χ0) is 12.0. The van der Waals surface area contributed by atoms with Crippen LogP contribution in [0.1, 0.15) is 27.2 Å². The third-order valence-corrected chi connectivity index (χ3v) is 2.89. The van der Waals surface area contributed by atoms with E-state index in [1.165, 1.54) is 0 Å². The van der Waals surface area contributed by atoms with Crippen molar-refractivity contribution in [2.75, 3.05) is 5.32 Å². The number of nitrogens with one attached hydrogen (secondary N) is 2. The molecule has 2 atom stereocenters. The lowest BCUT2D eigenvalue weighted by Gasteiger charge is -2.20. The van der Waals surface area contributed by atoms with E-state index in [1.54, 1.807) is 0 Å². The van der Waals surface area contributed by atoms with Gasteiger partial charge in [-0.2, -0.15) is 0 Å². The van der Waals surface area contributed by atoms with E-state index in [1.807, 2.05) is 37.3 Å². The van der Waals surface area contributed by atoms with Crippen molar-refractivity contribution in [2.24, 2.45) is 5.92 Å². The predicted octanol–water partition coefficient (Wildman–Crippen LogP) is 3.24. The standard InChI is InChI=1S/C13H20N2O/c1-4-10(2)11(3)14-13(16)15-12-8-6-5-7-9-12/h5-11H,4H2,1-3H3,(H2,14,15,16). The number of hydrogen-bond donors (Lipinski definition) is 2. The van der Waals surface area contributed by atoms with Gasteiger partial charge in [0.2, 0.25) is 0 Å². The molecule has 1 rings (SSSR count). The molecule has 3 heteroatoms. The van der Waals surface area contributed by atoms with Crippen molar-refractivity contribution in [3.05, 3.63) is 30.3 Å². The summed E-state index contributed by atoms with van der Waals surface area (Å²) in [5.74, 6) is 0.488. The molecule has 0 radical (unpaired) electrons. The number of carbonyl (C=O) groups excluding carboxylic acids is 1. The summed E-state index contributed by atoms with van der Waals surface area (Å²) < 4.78 is 0. The Morgan fingerprint density at radius 1 is 1.25 bits per heavy atom. The van der Waals surface area contributed by atoms with Gasteiger partial charge in [-0.1, -0.05) is 38.5 Å². The highest BCUT2D eigenvalue weighted by atomic mass is 16.2. The van der Waals surface area contributed by atoms with Gasteiger partial charge in [0.25, 0.3) is 0 Å². The smallest absolute Gasteiger partial charge is 0.319 e.